The predicted molar refractivity (Wildman–Crippen MR) is 184 cm³/mol. The number of hydrogen-bond donors (Lipinski definition) is 3. The third kappa shape index (κ3) is 29.8. The summed E-state index contributed by atoms with van der Waals surface area (Å²) in [6.07, 6.45) is 44.7. The van der Waals surface area contributed by atoms with Crippen molar-refractivity contribution in [2.24, 2.45) is 0 Å². The maximum absolute atomic E-state index is 12.3. The van der Waals surface area contributed by atoms with Crippen LogP contribution in [0.2, 0.25) is 0 Å². The number of rotatable bonds is 31. The van der Waals surface area contributed by atoms with Gasteiger partial charge in [0.25, 0.3) is 0 Å². The molecule has 0 aromatic carbocycles. The quantitative estimate of drug-likeness (QED) is 0.0558. The maximum Gasteiger partial charge on any atom is 0.220 e. The molecule has 0 radical (unpaired) electrons. The van der Waals surface area contributed by atoms with Crippen molar-refractivity contribution in [3.8, 4) is 0 Å². The Morgan fingerprint density at radius 2 is 0.976 bits per heavy atom. The molecule has 2 atom stereocenters. The summed E-state index contributed by atoms with van der Waals surface area (Å²) >= 11 is 0. The number of aliphatic hydroxyl groups is 2. The second-order valence-electron chi connectivity index (χ2n) is 11.9. The summed E-state index contributed by atoms with van der Waals surface area (Å²) in [4.78, 5) is 12.3. The van der Waals surface area contributed by atoms with Gasteiger partial charge in [-0.3, -0.25) is 4.79 Å². The molecular formula is C38H69NO3. The molecule has 2 unspecified atom stereocenters. The molecule has 0 fully saturated rings. The zero-order valence-corrected chi connectivity index (χ0v) is 27.8. The standard InChI is InChI=1S/C38H69NO3/c1-3-5-7-9-11-13-15-16-17-18-19-20-21-22-24-26-28-30-32-34-38(42)39-36(35-40)37(41)33-31-29-27-25-23-14-12-10-8-6-4-2/h11,13,16-17,19-20,31,33,36-37,40-41H,3-10,12,14-15,18,21-30,32,34-35H2,1-2H3,(H,39,42)/b13-11-,17-16-,20-19-,33-31+. The van der Waals surface area contributed by atoms with Crippen LogP contribution in [0.25, 0.3) is 0 Å². The van der Waals surface area contributed by atoms with E-state index in [1.54, 1.807) is 6.08 Å². The fraction of sp³-hybridized carbons (Fsp3) is 0.763. The lowest BCUT2D eigenvalue weighted by Crippen LogP contribution is -2.45. The monoisotopic (exact) mass is 588 g/mol. The van der Waals surface area contributed by atoms with Gasteiger partial charge < -0.3 is 15.5 Å². The van der Waals surface area contributed by atoms with Crippen molar-refractivity contribution in [1.82, 2.24) is 5.32 Å². The van der Waals surface area contributed by atoms with Crippen LogP contribution < -0.4 is 5.32 Å². The van der Waals surface area contributed by atoms with Gasteiger partial charge in [0.2, 0.25) is 5.91 Å². The second-order valence-corrected chi connectivity index (χ2v) is 11.9. The van der Waals surface area contributed by atoms with Gasteiger partial charge in [-0.15, -0.1) is 0 Å². The molecule has 0 aromatic rings. The average molecular weight is 588 g/mol. The minimum absolute atomic E-state index is 0.0809. The lowest BCUT2D eigenvalue weighted by atomic mass is 10.1. The summed E-state index contributed by atoms with van der Waals surface area (Å²) in [6.45, 7) is 4.24. The van der Waals surface area contributed by atoms with E-state index in [-0.39, 0.29) is 12.5 Å². The molecular weight excluding hydrogens is 518 g/mol. The molecule has 1 amide bonds. The average Bonchev–Trinajstić information content (AvgIpc) is 2.99. The topological polar surface area (TPSA) is 69.6 Å². The largest absolute Gasteiger partial charge is 0.394 e. The first kappa shape index (κ1) is 40.4. The number of carbonyl (C=O) groups excluding carboxylic acids is 1. The first-order valence-corrected chi connectivity index (χ1v) is 17.9. The van der Waals surface area contributed by atoms with Crippen LogP contribution in [0.15, 0.2) is 48.6 Å². The number of unbranched alkanes of at least 4 members (excludes halogenated alkanes) is 18. The van der Waals surface area contributed by atoms with Gasteiger partial charge in [-0.05, 0) is 57.8 Å². The molecule has 42 heavy (non-hydrogen) atoms. The van der Waals surface area contributed by atoms with E-state index in [1.807, 2.05) is 6.08 Å². The van der Waals surface area contributed by atoms with Crippen LogP contribution >= 0.6 is 0 Å². The number of nitrogens with one attached hydrogen (secondary N) is 1. The Balaban J connectivity index is 3.68. The zero-order chi connectivity index (χ0) is 30.8. The Hall–Kier alpha value is -1.65. The van der Waals surface area contributed by atoms with Gasteiger partial charge in [0.15, 0.2) is 0 Å². The number of hydrogen-bond acceptors (Lipinski definition) is 3. The predicted octanol–water partition coefficient (Wildman–Crippen LogP) is 10.5. The molecule has 0 aliphatic rings. The summed E-state index contributed by atoms with van der Waals surface area (Å²) < 4.78 is 0. The second kappa shape index (κ2) is 33.8. The lowest BCUT2D eigenvalue weighted by Gasteiger charge is -2.20. The molecule has 0 heterocycles. The highest BCUT2D eigenvalue weighted by Gasteiger charge is 2.17. The van der Waals surface area contributed by atoms with Crippen molar-refractivity contribution in [1.29, 1.82) is 0 Å². The van der Waals surface area contributed by atoms with Crippen LogP contribution in [0.3, 0.4) is 0 Å². The minimum Gasteiger partial charge on any atom is -0.394 e. The fourth-order valence-corrected chi connectivity index (χ4v) is 5.01. The van der Waals surface area contributed by atoms with Gasteiger partial charge in [0.1, 0.15) is 0 Å². The SMILES string of the molecule is CCCCC/C=C\C/C=C\C/C=C\CCCCCCCCC(=O)NC(CO)C(O)/C=C/CCCCCCCCCCC. The molecule has 0 bridgehead atoms. The third-order valence-corrected chi connectivity index (χ3v) is 7.81. The number of carbonyl (C=O) groups is 1. The molecule has 0 rings (SSSR count). The molecule has 244 valence electrons. The van der Waals surface area contributed by atoms with Crippen LogP contribution in [-0.4, -0.2) is 34.9 Å². The van der Waals surface area contributed by atoms with Crippen molar-refractivity contribution in [2.75, 3.05) is 6.61 Å². The van der Waals surface area contributed by atoms with Gasteiger partial charge in [0.05, 0.1) is 18.8 Å². The smallest absolute Gasteiger partial charge is 0.220 e. The highest BCUT2D eigenvalue weighted by Crippen LogP contribution is 2.12. The van der Waals surface area contributed by atoms with Gasteiger partial charge >= 0.3 is 0 Å². The van der Waals surface area contributed by atoms with Crippen LogP contribution in [0, 0.1) is 0 Å². The number of aliphatic hydroxyl groups excluding tert-OH is 2. The Morgan fingerprint density at radius 1 is 0.571 bits per heavy atom. The Bertz CT molecular complexity index is 682. The molecule has 0 spiro atoms. The van der Waals surface area contributed by atoms with Crippen molar-refractivity contribution >= 4 is 5.91 Å². The molecule has 0 saturated carbocycles. The lowest BCUT2D eigenvalue weighted by molar-refractivity contribution is -0.123. The van der Waals surface area contributed by atoms with Crippen molar-refractivity contribution < 1.29 is 15.0 Å². The van der Waals surface area contributed by atoms with Gasteiger partial charge in [-0.1, -0.05) is 152 Å². The molecule has 4 nitrogen and oxygen atoms in total. The van der Waals surface area contributed by atoms with E-state index < -0.39 is 12.1 Å². The van der Waals surface area contributed by atoms with Crippen LogP contribution in [0.1, 0.15) is 168 Å². The molecule has 0 aliphatic heterocycles. The summed E-state index contributed by atoms with van der Waals surface area (Å²) in [5.74, 6) is -0.0809. The van der Waals surface area contributed by atoms with Gasteiger partial charge in [0, 0.05) is 6.42 Å². The van der Waals surface area contributed by atoms with E-state index in [9.17, 15) is 15.0 Å². The van der Waals surface area contributed by atoms with Crippen molar-refractivity contribution in [3.05, 3.63) is 48.6 Å². The molecule has 4 heteroatoms. The molecule has 3 N–H and O–H groups in total. The maximum atomic E-state index is 12.3. The van der Waals surface area contributed by atoms with Crippen molar-refractivity contribution in [2.45, 2.75) is 180 Å². The van der Waals surface area contributed by atoms with E-state index in [1.165, 1.54) is 96.3 Å². The van der Waals surface area contributed by atoms with E-state index >= 15 is 0 Å². The molecule has 0 saturated heterocycles. The normalized spacial score (nSPS) is 13.7. The minimum atomic E-state index is -0.843. The Labute approximate surface area is 261 Å². The number of amides is 1. The van der Waals surface area contributed by atoms with E-state index in [4.69, 9.17) is 0 Å². The molecule has 0 aromatic heterocycles. The highest BCUT2D eigenvalue weighted by molar-refractivity contribution is 5.76. The molecule has 0 aliphatic carbocycles. The van der Waals surface area contributed by atoms with Gasteiger partial charge in [-0.2, -0.15) is 0 Å². The van der Waals surface area contributed by atoms with Gasteiger partial charge in [-0.25, -0.2) is 0 Å². The fourth-order valence-electron chi connectivity index (χ4n) is 5.01. The van der Waals surface area contributed by atoms with E-state index in [0.29, 0.717) is 6.42 Å². The third-order valence-electron chi connectivity index (χ3n) is 7.81. The first-order chi connectivity index (χ1) is 20.7. The summed E-state index contributed by atoms with van der Waals surface area (Å²) in [5, 5.41) is 22.8. The first-order valence-electron chi connectivity index (χ1n) is 17.9. The van der Waals surface area contributed by atoms with E-state index in [0.717, 1.165) is 51.4 Å². The zero-order valence-electron chi connectivity index (χ0n) is 27.8. The van der Waals surface area contributed by atoms with E-state index in [2.05, 4.69) is 55.6 Å². The number of allylic oxidation sites excluding steroid dienone is 7. The van der Waals surface area contributed by atoms with Crippen LogP contribution in [-0.2, 0) is 4.79 Å². The Kier molecular flexibility index (Phi) is 32.5. The summed E-state index contributed by atoms with van der Waals surface area (Å²) in [6, 6.07) is -0.627. The van der Waals surface area contributed by atoms with Crippen LogP contribution in [0.5, 0.6) is 0 Å². The van der Waals surface area contributed by atoms with Crippen molar-refractivity contribution in [3.63, 3.8) is 0 Å². The summed E-state index contributed by atoms with van der Waals surface area (Å²) in [7, 11) is 0. The highest BCUT2D eigenvalue weighted by atomic mass is 16.3. The Morgan fingerprint density at radius 3 is 1.50 bits per heavy atom. The van der Waals surface area contributed by atoms with Crippen LogP contribution in [0.4, 0.5) is 0 Å². The summed E-state index contributed by atoms with van der Waals surface area (Å²) in [5.41, 5.74) is 0.